The molecule has 0 aromatic carbocycles. The first-order chi connectivity index (χ1) is 8.72. The van der Waals surface area contributed by atoms with E-state index in [1.54, 1.807) is 7.11 Å². The van der Waals surface area contributed by atoms with Gasteiger partial charge in [-0.1, -0.05) is 19.4 Å². The molecule has 0 radical (unpaired) electrons. The van der Waals surface area contributed by atoms with E-state index in [4.69, 9.17) is 10.5 Å². The molecule has 2 unspecified atom stereocenters. The minimum Gasteiger partial charge on any atom is -0.481 e. The second-order valence-corrected chi connectivity index (χ2v) is 5.06. The fraction of sp³-hybridized carbons (Fsp3) is 0.643. The Labute approximate surface area is 109 Å². The van der Waals surface area contributed by atoms with Gasteiger partial charge in [-0.25, -0.2) is 4.98 Å². The Morgan fingerprint density at radius 3 is 2.94 bits per heavy atom. The zero-order valence-electron chi connectivity index (χ0n) is 11.3. The predicted octanol–water partition coefficient (Wildman–Crippen LogP) is 1.65. The highest BCUT2D eigenvalue weighted by molar-refractivity contribution is 5.17. The van der Waals surface area contributed by atoms with Crippen molar-refractivity contribution in [3.8, 4) is 5.88 Å². The van der Waals surface area contributed by atoms with E-state index in [1.165, 1.54) is 12.0 Å². The van der Waals surface area contributed by atoms with E-state index < -0.39 is 0 Å². The highest BCUT2D eigenvalue weighted by atomic mass is 16.5. The number of aromatic nitrogens is 1. The van der Waals surface area contributed by atoms with Crippen molar-refractivity contribution in [2.24, 2.45) is 11.7 Å². The van der Waals surface area contributed by atoms with E-state index in [0.717, 1.165) is 26.1 Å². The molecular weight excluding hydrogens is 226 g/mol. The maximum absolute atomic E-state index is 6.13. The Morgan fingerprint density at radius 1 is 1.50 bits per heavy atom. The fourth-order valence-corrected chi connectivity index (χ4v) is 2.58. The zero-order valence-corrected chi connectivity index (χ0v) is 11.3. The summed E-state index contributed by atoms with van der Waals surface area (Å²) in [7, 11) is 1.64. The van der Waals surface area contributed by atoms with Crippen molar-refractivity contribution < 1.29 is 4.74 Å². The van der Waals surface area contributed by atoms with Crippen molar-refractivity contribution in [2.45, 2.75) is 32.4 Å². The van der Waals surface area contributed by atoms with Crippen LogP contribution in [0.25, 0.3) is 0 Å². The number of hydrogen-bond acceptors (Lipinski definition) is 4. The van der Waals surface area contributed by atoms with Gasteiger partial charge in [0.25, 0.3) is 0 Å². The fourth-order valence-electron chi connectivity index (χ4n) is 2.58. The number of nitrogens with zero attached hydrogens (tertiary/aromatic N) is 2. The second kappa shape index (κ2) is 6.16. The number of nitrogens with two attached hydrogens (primary N) is 1. The van der Waals surface area contributed by atoms with Crippen molar-refractivity contribution in [2.75, 3.05) is 20.2 Å². The number of rotatable bonds is 4. The Kier molecular flexibility index (Phi) is 4.55. The molecule has 1 saturated heterocycles. The Bertz CT molecular complexity index is 366. The highest BCUT2D eigenvalue weighted by Gasteiger charge is 2.25. The SMILES string of the molecule is CCC1CN(Cc2ccc(OC)nc2)CCC1N. The molecule has 2 heterocycles. The van der Waals surface area contributed by atoms with Gasteiger partial charge in [-0.2, -0.15) is 0 Å². The van der Waals surface area contributed by atoms with E-state index in [9.17, 15) is 0 Å². The molecule has 0 saturated carbocycles. The molecule has 1 fully saturated rings. The third-order valence-corrected chi connectivity index (χ3v) is 3.81. The summed E-state index contributed by atoms with van der Waals surface area (Å²) >= 11 is 0. The topological polar surface area (TPSA) is 51.4 Å². The summed E-state index contributed by atoms with van der Waals surface area (Å²) in [6.07, 6.45) is 4.16. The molecule has 0 bridgehead atoms. The summed E-state index contributed by atoms with van der Waals surface area (Å²) in [5, 5.41) is 0. The molecule has 1 aliphatic heterocycles. The summed E-state index contributed by atoms with van der Waals surface area (Å²) in [5.74, 6) is 1.30. The van der Waals surface area contributed by atoms with E-state index in [-0.39, 0.29) is 0 Å². The molecule has 4 nitrogen and oxygen atoms in total. The van der Waals surface area contributed by atoms with Crippen LogP contribution in [0.2, 0.25) is 0 Å². The van der Waals surface area contributed by atoms with Crippen LogP contribution in [0.1, 0.15) is 25.3 Å². The van der Waals surface area contributed by atoms with Crippen LogP contribution in [0.3, 0.4) is 0 Å². The molecule has 1 aromatic rings. The van der Waals surface area contributed by atoms with E-state index in [2.05, 4.69) is 22.9 Å². The number of piperidine rings is 1. The largest absolute Gasteiger partial charge is 0.481 e. The first-order valence-electron chi connectivity index (χ1n) is 6.69. The monoisotopic (exact) mass is 249 g/mol. The van der Waals surface area contributed by atoms with Gasteiger partial charge in [-0.05, 0) is 24.4 Å². The lowest BCUT2D eigenvalue weighted by Crippen LogP contribution is -2.46. The van der Waals surface area contributed by atoms with Gasteiger partial charge in [-0.15, -0.1) is 0 Å². The van der Waals surface area contributed by atoms with Crippen LogP contribution in [0.15, 0.2) is 18.3 Å². The third kappa shape index (κ3) is 3.21. The Morgan fingerprint density at radius 2 is 2.33 bits per heavy atom. The predicted molar refractivity (Wildman–Crippen MR) is 72.4 cm³/mol. The molecule has 0 spiro atoms. The summed E-state index contributed by atoms with van der Waals surface area (Å²) in [6, 6.07) is 4.38. The highest BCUT2D eigenvalue weighted by Crippen LogP contribution is 2.20. The van der Waals surface area contributed by atoms with Crippen molar-refractivity contribution in [3.05, 3.63) is 23.9 Å². The number of methoxy groups -OCH3 is 1. The summed E-state index contributed by atoms with van der Waals surface area (Å²) in [4.78, 5) is 6.72. The van der Waals surface area contributed by atoms with Crippen molar-refractivity contribution in [1.29, 1.82) is 0 Å². The molecular formula is C14H23N3O. The average molecular weight is 249 g/mol. The quantitative estimate of drug-likeness (QED) is 0.881. The molecule has 2 rings (SSSR count). The standard InChI is InChI=1S/C14H23N3O/c1-3-12-10-17(7-6-13(12)15)9-11-4-5-14(18-2)16-8-11/h4-5,8,12-13H,3,6-7,9-10,15H2,1-2H3. The Balaban J connectivity index is 1.92. The molecule has 18 heavy (non-hydrogen) atoms. The molecule has 1 aliphatic rings. The number of pyridine rings is 1. The second-order valence-electron chi connectivity index (χ2n) is 5.06. The van der Waals surface area contributed by atoms with Gasteiger partial charge in [0.15, 0.2) is 0 Å². The van der Waals surface area contributed by atoms with Crippen LogP contribution in [0.4, 0.5) is 0 Å². The van der Waals surface area contributed by atoms with Gasteiger partial charge in [0.2, 0.25) is 5.88 Å². The van der Waals surface area contributed by atoms with Crippen LogP contribution >= 0.6 is 0 Å². The van der Waals surface area contributed by atoms with Crippen LogP contribution in [0, 0.1) is 5.92 Å². The molecule has 1 aromatic heterocycles. The van der Waals surface area contributed by atoms with Crippen molar-refractivity contribution in [1.82, 2.24) is 9.88 Å². The molecule has 0 aliphatic carbocycles. The van der Waals surface area contributed by atoms with Crippen LogP contribution in [0.5, 0.6) is 5.88 Å². The summed E-state index contributed by atoms with van der Waals surface area (Å²) < 4.78 is 5.07. The first-order valence-corrected chi connectivity index (χ1v) is 6.69. The number of likely N-dealkylation sites (tertiary alicyclic amines) is 1. The lowest BCUT2D eigenvalue weighted by atomic mass is 9.90. The molecule has 100 valence electrons. The first kappa shape index (κ1) is 13.3. The minimum atomic E-state index is 0.375. The van der Waals surface area contributed by atoms with E-state index in [0.29, 0.717) is 17.8 Å². The maximum atomic E-state index is 6.13. The lowest BCUT2D eigenvalue weighted by molar-refractivity contribution is 0.145. The van der Waals surface area contributed by atoms with Crippen LogP contribution in [-0.4, -0.2) is 36.1 Å². The smallest absolute Gasteiger partial charge is 0.212 e. The van der Waals surface area contributed by atoms with E-state index >= 15 is 0 Å². The van der Waals surface area contributed by atoms with Gasteiger partial charge in [0.1, 0.15) is 0 Å². The summed E-state index contributed by atoms with van der Waals surface area (Å²) in [5.41, 5.74) is 7.36. The number of ether oxygens (including phenoxy) is 1. The van der Waals surface area contributed by atoms with Crippen molar-refractivity contribution >= 4 is 0 Å². The summed E-state index contributed by atoms with van der Waals surface area (Å²) in [6.45, 7) is 5.37. The third-order valence-electron chi connectivity index (χ3n) is 3.81. The number of hydrogen-bond donors (Lipinski definition) is 1. The van der Waals surface area contributed by atoms with Crippen LogP contribution in [-0.2, 0) is 6.54 Å². The van der Waals surface area contributed by atoms with Gasteiger partial charge in [-0.3, -0.25) is 4.90 Å². The normalized spacial score (nSPS) is 25.1. The molecule has 0 amide bonds. The lowest BCUT2D eigenvalue weighted by Gasteiger charge is -2.36. The Hall–Kier alpha value is -1.13. The molecule has 4 heteroatoms. The zero-order chi connectivity index (χ0) is 13.0. The molecule has 2 N–H and O–H groups in total. The van der Waals surface area contributed by atoms with E-state index in [1.807, 2.05) is 12.3 Å². The molecule has 2 atom stereocenters. The van der Waals surface area contributed by atoms with Gasteiger partial charge >= 0.3 is 0 Å². The van der Waals surface area contributed by atoms with Crippen molar-refractivity contribution in [3.63, 3.8) is 0 Å². The van der Waals surface area contributed by atoms with Crippen LogP contribution < -0.4 is 10.5 Å². The average Bonchev–Trinajstić information content (AvgIpc) is 2.42. The van der Waals surface area contributed by atoms with Gasteiger partial charge < -0.3 is 10.5 Å². The maximum Gasteiger partial charge on any atom is 0.212 e. The van der Waals surface area contributed by atoms with Gasteiger partial charge in [0, 0.05) is 31.4 Å². The minimum absolute atomic E-state index is 0.375. The van der Waals surface area contributed by atoms with Gasteiger partial charge in [0.05, 0.1) is 7.11 Å².